The van der Waals surface area contributed by atoms with E-state index < -0.39 is 0 Å². The summed E-state index contributed by atoms with van der Waals surface area (Å²) in [5.74, 6) is 0. The number of para-hydroxylation sites is 1. The minimum Gasteiger partial charge on any atom is -0.374 e. The van der Waals surface area contributed by atoms with Crippen LogP contribution in [-0.2, 0) is 12.8 Å². The van der Waals surface area contributed by atoms with Crippen LogP contribution >= 0.6 is 0 Å². The molecule has 0 aromatic heterocycles. The third-order valence-corrected chi connectivity index (χ3v) is 2.84. The molecule has 1 aromatic rings. The minimum absolute atomic E-state index is 0.246. The Balaban J connectivity index is 2.36. The second kappa shape index (κ2) is 3.62. The third-order valence-electron chi connectivity index (χ3n) is 2.84. The second-order valence-corrected chi connectivity index (χ2v) is 4.28. The SMILES string of the molecule is CC(N)Cc1cccc2c1N(C)CC2. The van der Waals surface area contributed by atoms with Gasteiger partial charge in [-0.3, -0.25) is 0 Å². The van der Waals surface area contributed by atoms with Crippen LogP contribution in [0.25, 0.3) is 0 Å². The van der Waals surface area contributed by atoms with Gasteiger partial charge in [0.15, 0.2) is 0 Å². The van der Waals surface area contributed by atoms with Crippen LogP contribution in [0.15, 0.2) is 18.2 Å². The van der Waals surface area contributed by atoms with Gasteiger partial charge in [-0.1, -0.05) is 18.2 Å². The Morgan fingerprint density at radius 1 is 1.50 bits per heavy atom. The molecule has 0 spiro atoms. The van der Waals surface area contributed by atoms with Crippen LogP contribution in [0.3, 0.4) is 0 Å². The molecule has 1 atom stereocenters. The molecule has 2 rings (SSSR count). The Hall–Kier alpha value is -1.02. The maximum Gasteiger partial charge on any atom is 0.0430 e. The Labute approximate surface area is 85.7 Å². The number of benzene rings is 1. The fourth-order valence-electron chi connectivity index (χ4n) is 2.25. The summed E-state index contributed by atoms with van der Waals surface area (Å²) in [6, 6.07) is 6.82. The molecule has 1 aromatic carbocycles. The molecule has 0 saturated heterocycles. The zero-order valence-electron chi connectivity index (χ0n) is 8.96. The van der Waals surface area contributed by atoms with Crippen molar-refractivity contribution in [3.63, 3.8) is 0 Å². The van der Waals surface area contributed by atoms with E-state index in [1.54, 1.807) is 0 Å². The normalized spacial score (nSPS) is 16.9. The molecule has 1 unspecified atom stereocenters. The minimum atomic E-state index is 0.246. The van der Waals surface area contributed by atoms with Gasteiger partial charge in [0.1, 0.15) is 0 Å². The Kier molecular flexibility index (Phi) is 2.46. The number of rotatable bonds is 2. The average Bonchev–Trinajstić information content (AvgIpc) is 2.48. The molecule has 76 valence electrons. The van der Waals surface area contributed by atoms with Crippen LogP contribution in [0, 0.1) is 0 Å². The highest BCUT2D eigenvalue weighted by molar-refractivity contribution is 5.63. The maximum atomic E-state index is 5.85. The first kappa shape index (κ1) is 9.53. The molecular weight excluding hydrogens is 172 g/mol. The summed E-state index contributed by atoms with van der Waals surface area (Å²) >= 11 is 0. The molecule has 2 N–H and O–H groups in total. The molecule has 1 heterocycles. The number of nitrogens with zero attached hydrogens (tertiary/aromatic N) is 1. The first-order valence-electron chi connectivity index (χ1n) is 5.26. The van der Waals surface area contributed by atoms with E-state index in [1.165, 1.54) is 23.2 Å². The first-order valence-corrected chi connectivity index (χ1v) is 5.26. The molecule has 0 radical (unpaired) electrons. The monoisotopic (exact) mass is 190 g/mol. The van der Waals surface area contributed by atoms with E-state index >= 15 is 0 Å². The summed E-state index contributed by atoms with van der Waals surface area (Å²) in [4.78, 5) is 2.34. The van der Waals surface area contributed by atoms with Crippen LogP contribution in [0.4, 0.5) is 5.69 Å². The van der Waals surface area contributed by atoms with Crippen molar-refractivity contribution in [2.45, 2.75) is 25.8 Å². The van der Waals surface area contributed by atoms with Crippen molar-refractivity contribution in [2.24, 2.45) is 5.73 Å². The first-order chi connectivity index (χ1) is 6.68. The van der Waals surface area contributed by atoms with Gasteiger partial charge in [-0.05, 0) is 30.9 Å². The second-order valence-electron chi connectivity index (χ2n) is 4.28. The summed E-state index contributed by atoms with van der Waals surface area (Å²) < 4.78 is 0. The Bertz CT molecular complexity index is 331. The van der Waals surface area contributed by atoms with Gasteiger partial charge in [0.2, 0.25) is 0 Å². The van der Waals surface area contributed by atoms with Crippen molar-refractivity contribution in [1.82, 2.24) is 0 Å². The third kappa shape index (κ3) is 1.62. The number of hydrogen-bond donors (Lipinski definition) is 1. The van der Waals surface area contributed by atoms with E-state index in [-0.39, 0.29) is 6.04 Å². The zero-order chi connectivity index (χ0) is 10.1. The lowest BCUT2D eigenvalue weighted by Crippen LogP contribution is -2.20. The number of likely N-dealkylation sites (N-methyl/N-ethyl adjacent to an activating group) is 1. The molecule has 0 bridgehead atoms. The Morgan fingerprint density at radius 2 is 2.29 bits per heavy atom. The molecule has 14 heavy (non-hydrogen) atoms. The molecule has 0 fully saturated rings. The lowest BCUT2D eigenvalue weighted by Gasteiger charge is -2.17. The average molecular weight is 190 g/mol. The van der Waals surface area contributed by atoms with Crippen molar-refractivity contribution in [3.8, 4) is 0 Å². The van der Waals surface area contributed by atoms with E-state index in [0.29, 0.717) is 0 Å². The fourth-order valence-corrected chi connectivity index (χ4v) is 2.25. The van der Waals surface area contributed by atoms with E-state index in [0.717, 1.165) is 13.0 Å². The molecule has 0 amide bonds. The van der Waals surface area contributed by atoms with Crippen molar-refractivity contribution >= 4 is 5.69 Å². The summed E-state index contributed by atoms with van der Waals surface area (Å²) in [6.07, 6.45) is 2.16. The standard InChI is InChI=1S/C12H18N2/c1-9(13)8-11-5-3-4-10-6-7-14(2)12(10)11/h3-5,9H,6-8,13H2,1-2H3. The van der Waals surface area contributed by atoms with Crippen LogP contribution in [-0.4, -0.2) is 19.6 Å². The van der Waals surface area contributed by atoms with Gasteiger partial charge in [-0.2, -0.15) is 0 Å². The zero-order valence-corrected chi connectivity index (χ0v) is 8.96. The lowest BCUT2D eigenvalue weighted by atomic mass is 10.0. The van der Waals surface area contributed by atoms with Gasteiger partial charge >= 0.3 is 0 Å². The lowest BCUT2D eigenvalue weighted by molar-refractivity contribution is 0.737. The molecule has 0 aliphatic carbocycles. The van der Waals surface area contributed by atoms with Crippen molar-refractivity contribution in [1.29, 1.82) is 0 Å². The number of anilines is 1. The van der Waals surface area contributed by atoms with Crippen molar-refractivity contribution in [3.05, 3.63) is 29.3 Å². The number of fused-ring (bicyclic) bond motifs is 1. The smallest absolute Gasteiger partial charge is 0.0430 e. The van der Waals surface area contributed by atoms with Crippen molar-refractivity contribution in [2.75, 3.05) is 18.5 Å². The molecule has 2 nitrogen and oxygen atoms in total. The summed E-state index contributed by atoms with van der Waals surface area (Å²) in [7, 11) is 2.16. The molecule has 1 aliphatic heterocycles. The predicted molar refractivity (Wildman–Crippen MR) is 60.8 cm³/mol. The molecule has 0 saturated carbocycles. The predicted octanol–water partition coefficient (Wildman–Crippen LogP) is 1.57. The largest absolute Gasteiger partial charge is 0.374 e. The van der Waals surface area contributed by atoms with Gasteiger partial charge in [0.05, 0.1) is 0 Å². The number of hydrogen-bond acceptors (Lipinski definition) is 2. The highest BCUT2D eigenvalue weighted by atomic mass is 15.1. The van der Waals surface area contributed by atoms with Crippen molar-refractivity contribution < 1.29 is 0 Å². The summed E-state index contributed by atoms with van der Waals surface area (Å²) in [6.45, 7) is 3.21. The van der Waals surface area contributed by atoms with E-state index in [4.69, 9.17) is 5.73 Å². The summed E-state index contributed by atoms with van der Waals surface area (Å²) in [5.41, 5.74) is 10.1. The van der Waals surface area contributed by atoms with Crippen LogP contribution in [0.1, 0.15) is 18.1 Å². The van der Waals surface area contributed by atoms with Crippen LogP contribution < -0.4 is 10.6 Å². The molecule has 1 aliphatic rings. The van der Waals surface area contributed by atoms with E-state index in [1.807, 2.05) is 0 Å². The van der Waals surface area contributed by atoms with Gasteiger partial charge in [0, 0.05) is 25.3 Å². The van der Waals surface area contributed by atoms with Crippen LogP contribution in [0.5, 0.6) is 0 Å². The van der Waals surface area contributed by atoms with Gasteiger partial charge in [-0.25, -0.2) is 0 Å². The Morgan fingerprint density at radius 3 is 3.00 bits per heavy atom. The molecule has 2 heteroatoms. The van der Waals surface area contributed by atoms with Crippen LogP contribution in [0.2, 0.25) is 0 Å². The fraction of sp³-hybridized carbons (Fsp3) is 0.500. The van der Waals surface area contributed by atoms with Gasteiger partial charge in [0.25, 0.3) is 0 Å². The van der Waals surface area contributed by atoms with Gasteiger partial charge in [-0.15, -0.1) is 0 Å². The number of nitrogens with two attached hydrogens (primary N) is 1. The highest BCUT2D eigenvalue weighted by Crippen LogP contribution is 2.30. The van der Waals surface area contributed by atoms with Gasteiger partial charge < -0.3 is 10.6 Å². The maximum absolute atomic E-state index is 5.85. The molecular formula is C12H18N2. The van der Waals surface area contributed by atoms with E-state index in [9.17, 15) is 0 Å². The highest BCUT2D eigenvalue weighted by Gasteiger charge is 2.18. The topological polar surface area (TPSA) is 29.3 Å². The quantitative estimate of drug-likeness (QED) is 0.767. The van der Waals surface area contributed by atoms with E-state index in [2.05, 4.69) is 37.1 Å². The summed E-state index contributed by atoms with van der Waals surface area (Å²) in [5, 5.41) is 0.